The van der Waals surface area contributed by atoms with Crippen molar-refractivity contribution < 1.29 is 14.4 Å². The third-order valence-electron chi connectivity index (χ3n) is 5.09. The zero-order valence-electron chi connectivity index (χ0n) is 15.0. The maximum atomic E-state index is 12.7. The first-order valence-electron chi connectivity index (χ1n) is 9.12. The van der Waals surface area contributed by atoms with Crippen LogP contribution in [0, 0.1) is 0 Å². The predicted octanol–water partition coefficient (Wildman–Crippen LogP) is 4.11. The molecule has 0 aromatic carbocycles. The molecule has 1 saturated carbocycles. The molecule has 0 radical (unpaired) electrons. The molecule has 2 fully saturated rings. The lowest BCUT2D eigenvalue weighted by atomic mass is 9.82. The molecular formula is C18H19ClN4O3S2. The topological polar surface area (TPSA) is 91.4 Å². The number of hydrogen-bond acceptors (Lipinski definition) is 6. The third-order valence-corrected chi connectivity index (χ3v) is 7.10. The number of carbonyl (C=O) groups excluding carboxylic acids is 3. The van der Waals surface area contributed by atoms with Crippen LogP contribution in [-0.2, 0) is 9.59 Å². The lowest BCUT2D eigenvalue weighted by Crippen LogP contribution is -2.48. The summed E-state index contributed by atoms with van der Waals surface area (Å²) < 4.78 is 0.679. The van der Waals surface area contributed by atoms with Crippen LogP contribution in [0.4, 0.5) is 9.93 Å². The minimum absolute atomic E-state index is 0.0367. The summed E-state index contributed by atoms with van der Waals surface area (Å²) in [5.74, 6) is -0.480. The molecule has 28 heavy (non-hydrogen) atoms. The zero-order valence-corrected chi connectivity index (χ0v) is 17.4. The Kier molecular flexibility index (Phi) is 5.39. The number of aromatic nitrogens is 1. The number of amides is 4. The van der Waals surface area contributed by atoms with Gasteiger partial charge < -0.3 is 10.6 Å². The summed E-state index contributed by atoms with van der Waals surface area (Å²) >= 11 is 8.68. The first-order chi connectivity index (χ1) is 13.5. The summed E-state index contributed by atoms with van der Waals surface area (Å²) in [4.78, 5) is 43.7. The van der Waals surface area contributed by atoms with Crippen LogP contribution in [0.2, 0.25) is 4.34 Å². The number of urea groups is 1. The average Bonchev–Trinajstić information content (AvgIpc) is 3.35. The van der Waals surface area contributed by atoms with Crippen molar-refractivity contribution in [3.05, 3.63) is 21.8 Å². The fraction of sp³-hybridized carbons (Fsp3) is 0.444. The number of thiophene rings is 1. The van der Waals surface area contributed by atoms with Crippen molar-refractivity contribution in [3.63, 3.8) is 0 Å². The Morgan fingerprint density at radius 1 is 1.29 bits per heavy atom. The van der Waals surface area contributed by atoms with Gasteiger partial charge in [-0.15, -0.1) is 22.7 Å². The SMILES string of the molecule is O=C(CCN1C(=O)NC2(CCCCC2)C1=O)Nc1nc(-c2ccc(Cl)s2)cs1. The van der Waals surface area contributed by atoms with Crippen LogP contribution >= 0.6 is 34.3 Å². The van der Waals surface area contributed by atoms with Gasteiger partial charge in [0.2, 0.25) is 5.91 Å². The van der Waals surface area contributed by atoms with E-state index in [1.165, 1.54) is 27.6 Å². The van der Waals surface area contributed by atoms with Gasteiger partial charge in [0, 0.05) is 18.3 Å². The summed E-state index contributed by atoms with van der Waals surface area (Å²) in [6.45, 7) is 0.0665. The van der Waals surface area contributed by atoms with Gasteiger partial charge in [0.25, 0.3) is 5.91 Å². The van der Waals surface area contributed by atoms with Crippen LogP contribution in [-0.4, -0.2) is 39.8 Å². The summed E-state index contributed by atoms with van der Waals surface area (Å²) in [5.41, 5.74) is 0.00314. The fourth-order valence-corrected chi connectivity index (χ4v) is 5.47. The summed E-state index contributed by atoms with van der Waals surface area (Å²) in [5, 5.41) is 7.91. The molecule has 10 heteroatoms. The molecule has 4 amide bonds. The van der Waals surface area contributed by atoms with Gasteiger partial charge in [0.05, 0.1) is 14.9 Å². The van der Waals surface area contributed by atoms with E-state index in [9.17, 15) is 14.4 Å². The maximum Gasteiger partial charge on any atom is 0.325 e. The Morgan fingerprint density at radius 2 is 2.07 bits per heavy atom. The molecule has 2 aromatic rings. The van der Waals surface area contributed by atoms with Crippen molar-refractivity contribution >= 4 is 57.3 Å². The Balaban J connectivity index is 1.33. The molecule has 148 valence electrons. The molecule has 1 aliphatic carbocycles. The maximum absolute atomic E-state index is 12.7. The highest BCUT2D eigenvalue weighted by Crippen LogP contribution is 2.34. The first kappa shape index (κ1) is 19.4. The van der Waals surface area contributed by atoms with Crippen LogP contribution in [0.15, 0.2) is 17.5 Å². The molecule has 2 N–H and O–H groups in total. The quantitative estimate of drug-likeness (QED) is 0.687. The Labute approximate surface area is 175 Å². The van der Waals surface area contributed by atoms with E-state index in [-0.39, 0.29) is 24.8 Å². The van der Waals surface area contributed by atoms with Gasteiger partial charge in [-0.25, -0.2) is 9.78 Å². The van der Waals surface area contributed by atoms with E-state index in [1.54, 1.807) is 6.07 Å². The van der Waals surface area contributed by atoms with Crippen LogP contribution < -0.4 is 10.6 Å². The second-order valence-electron chi connectivity index (χ2n) is 6.97. The number of thiazole rings is 1. The second-order valence-corrected chi connectivity index (χ2v) is 9.54. The summed E-state index contributed by atoms with van der Waals surface area (Å²) in [6, 6.07) is 3.29. The van der Waals surface area contributed by atoms with E-state index in [4.69, 9.17) is 11.6 Å². The highest BCUT2D eigenvalue weighted by molar-refractivity contribution is 7.20. The van der Waals surface area contributed by atoms with E-state index in [0.717, 1.165) is 29.8 Å². The summed E-state index contributed by atoms with van der Waals surface area (Å²) in [6.07, 6.45) is 4.34. The lowest BCUT2D eigenvalue weighted by molar-refractivity contribution is -0.132. The fourth-order valence-electron chi connectivity index (χ4n) is 3.66. The third kappa shape index (κ3) is 3.78. The molecule has 0 atom stereocenters. The van der Waals surface area contributed by atoms with Gasteiger partial charge in [0.15, 0.2) is 5.13 Å². The first-order valence-corrected chi connectivity index (χ1v) is 11.2. The number of rotatable bonds is 5. The molecule has 1 saturated heterocycles. The normalized spacial score (nSPS) is 18.5. The van der Waals surface area contributed by atoms with E-state index in [2.05, 4.69) is 15.6 Å². The van der Waals surface area contributed by atoms with Crippen molar-refractivity contribution in [2.75, 3.05) is 11.9 Å². The Bertz CT molecular complexity index is 920. The molecule has 4 rings (SSSR count). The number of carbonyl (C=O) groups is 3. The van der Waals surface area contributed by atoms with Crippen LogP contribution in [0.25, 0.3) is 10.6 Å². The van der Waals surface area contributed by atoms with E-state index >= 15 is 0 Å². The highest BCUT2D eigenvalue weighted by Gasteiger charge is 2.51. The van der Waals surface area contributed by atoms with Gasteiger partial charge >= 0.3 is 6.03 Å². The van der Waals surface area contributed by atoms with Gasteiger partial charge in [-0.3, -0.25) is 14.5 Å². The molecule has 1 spiro atoms. The molecule has 0 unspecified atom stereocenters. The molecule has 3 heterocycles. The smallest absolute Gasteiger partial charge is 0.323 e. The van der Waals surface area contributed by atoms with E-state index in [1.807, 2.05) is 11.4 Å². The Morgan fingerprint density at radius 3 is 2.79 bits per heavy atom. The van der Waals surface area contributed by atoms with Crippen LogP contribution in [0.5, 0.6) is 0 Å². The molecule has 2 aromatic heterocycles. The van der Waals surface area contributed by atoms with Crippen molar-refractivity contribution in [3.8, 4) is 10.6 Å². The predicted molar refractivity (Wildman–Crippen MR) is 110 cm³/mol. The molecule has 1 aliphatic heterocycles. The number of nitrogens with zero attached hydrogens (tertiary/aromatic N) is 2. The second kappa shape index (κ2) is 7.81. The molecule has 0 bridgehead atoms. The van der Waals surface area contributed by atoms with Gasteiger partial charge in [-0.05, 0) is 25.0 Å². The lowest BCUT2D eigenvalue weighted by Gasteiger charge is -2.30. The van der Waals surface area contributed by atoms with Crippen molar-refractivity contribution in [2.24, 2.45) is 0 Å². The number of halogens is 1. The average molecular weight is 439 g/mol. The molecule has 7 nitrogen and oxygen atoms in total. The Hall–Kier alpha value is -1.97. The van der Waals surface area contributed by atoms with E-state index in [0.29, 0.717) is 22.3 Å². The largest absolute Gasteiger partial charge is 0.325 e. The van der Waals surface area contributed by atoms with Crippen molar-refractivity contribution in [1.29, 1.82) is 0 Å². The standard InChI is InChI=1S/C18H19ClN4O3S2/c19-13-5-4-12(28-13)11-10-27-16(20-11)21-14(24)6-9-23-15(25)18(22-17(23)26)7-2-1-3-8-18/h4-5,10H,1-3,6-9H2,(H,22,26)(H,20,21,24). The molecule has 2 aliphatic rings. The van der Waals surface area contributed by atoms with E-state index < -0.39 is 11.6 Å². The van der Waals surface area contributed by atoms with Crippen LogP contribution in [0.3, 0.4) is 0 Å². The summed E-state index contributed by atoms with van der Waals surface area (Å²) in [7, 11) is 0. The van der Waals surface area contributed by atoms with Gasteiger partial charge in [-0.2, -0.15) is 0 Å². The van der Waals surface area contributed by atoms with Crippen molar-refractivity contribution in [2.45, 2.75) is 44.1 Å². The monoisotopic (exact) mass is 438 g/mol. The van der Waals surface area contributed by atoms with Gasteiger partial charge in [-0.1, -0.05) is 30.9 Å². The minimum Gasteiger partial charge on any atom is -0.323 e. The number of anilines is 1. The molecular weight excluding hydrogens is 420 g/mol. The van der Waals surface area contributed by atoms with Crippen molar-refractivity contribution in [1.82, 2.24) is 15.2 Å². The minimum atomic E-state index is -0.752. The van der Waals surface area contributed by atoms with Gasteiger partial charge in [0.1, 0.15) is 5.54 Å². The number of nitrogens with one attached hydrogen (secondary N) is 2. The zero-order chi connectivity index (χ0) is 19.7. The highest BCUT2D eigenvalue weighted by atomic mass is 35.5. The number of hydrogen-bond donors (Lipinski definition) is 2. The number of imide groups is 1. The van der Waals surface area contributed by atoms with Crippen LogP contribution in [0.1, 0.15) is 38.5 Å².